The maximum absolute atomic E-state index is 5.50. The summed E-state index contributed by atoms with van der Waals surface area (Å²) in [5.74, 6) is 1.21. The lowest BCUT2D eigenvalue weighted by Crippen LogP contribution is -2.19. The van der Waals surface area contributed by atoms with Crippen molar-refractivity contribution < 1.29 is 4.42 Å². The van der Waals surface area contributed by atoms with Crippen LogP contribution >= 0.6 is 27.3 Å². The number of halogens is 1. The predicted octanol–water partition coefficient (Wildman–Crippen LogP) is 3.25. The molecule has 0 spiro atoms. The lowest BCUT2D eigenvalue weighted by atomic mass is 10.2. The third-order valence-corrected chi connectivity index (χ3v) is 4.31. The van der Waals surface area contributed by atoms with Gasteiger partial charge < -0.3 is 15.1 Å². The summed E-state index contributed by atoms with van der Waals surface area (Å²) in [6.45, 7) is 6.54. The first-order chi connectivity index (χ1) is 9.15. The van der Waals surface area contributed by atoms with Crippen molar-refractivity contribution in [1.82, 2.24) is 15.5 Å². The molecule has 2 aromatic rings. The molecule has 2 aromatic heterocycles. The zero-order valence-electron chi connectivity index (χ0n) is 10.9. The number of nitrogens with zero attached hydrogens (tertiary/aromatic N) is 2. The van der Waals surface area contributed by atoms with Crippen LogP contribution in [0.25, 0.3) is 0 Å². The van der Waals surface area contributed by atoms with Crippen LogP contribution in [-0.4, -0.2) is 16.7 Å². The molecular formula is C12H17BrN4OS. The Hall–Kier alpha value is -0.920. The molecule has 0 radical (unpaired) electrons. The van der Waals surface area contributed by atoms with Gasteiger partial charge in [-0.1, -0.05) is 18.9 Å². The number of hydrogen-bond donors (Lipinski definition) is 2. The van der Waals surface area contributed by atoms with E-state index < -0.39 is 0 Å². The van der Waals surface area contributed by atoms with E-state index in [-0.39, 0.29) is 0 Å². The fourth-order valence-corrected chi connectivity index (χ4v) is 2.90. The smallest absolute Gasteiger partial charge is 0.315 e. The van der Waals surface area contributed by atoms with E-state index in [1.807, 2.05) is 11.4 Å². The van der Waals surface area contributed by atoms with Crippen LogP contribution in [0.2, 0.25) is 0 Å². The lowest BCUT2D eigenvalue weighted by Gasteiger charge is -2.03. The zero-order valence-corrected chi connectivity index (χ0v) is 13.3. The highest BCUT2D eigenvalue weighted by Crippen LogP contribution is 2.23. The summed E-state index contributed by atoms with van der Waals surface area (Å²) in [6.07, 6.45) is 0. The van der Waals surface area contributed by atoms with Crippen molar-refractivity contribution in [1.29, 1.82) is 0 Å². The van der Waals surface area contributed by atoms with Crippen molar-refractivity contribution >= 4 is 33.3 Å². The Morgan fingerprint density at radius 2 is 2.21 bits per heavy atom. The highest BCUT2D eigenvalue weighted by molar-refractivity contribution is 9.10. The van der Waals surface area contributed by atoms with Crippen LogP contribution in [-0.2, 0) is 13.1 Å². The van der Waals surface area contributed by atoms with Gasteiger partial charge in [-0.2, -0.15) is 0 Å². The van der Waals surface area contributed by atoms with E-state index >= 15 is 0 Å². The Morgan fingerprint density at radius 3 is 2.89 bits per heavy atom. The molecule has 0 saturated heterocycles. The molecule has 0 atom stereocenters. The van der Waals surface area contributed by atoms with E-state index in [1.165, 1.54) is 4.88 Å². The predicted molar refractivity (Wildman–Crippen MR) is 80.2 cm³/mol. The van der Waals surface area contributed by atoms with Crippen LogP contribution in [0, 0.1) is 5.92 Å². The minimum absolute atomic E-state index is 0.460. The van der Waals surface area contributed by atoms with Gasteiger partial charge >= 0.3 is 6.01 Å². The molecule has 2 N–H and O–H groups in total. The number of nitrogens with one attached hydrogen (secondary N) is 2. The number of hydrogen-bond acceptors (Lipinski definition) is 6. The summed E-state index contributed by atoms with van der Waals surface area (Å²) in [4.78, 5) is 1.21. The van der Waals surface area contributed by atoms with Crippen molar-refractivity contribution in [3.05, 3.63) is 26.7 Å². The fraction of sp³-hybridized carbons (Fsp3) is 0.500. The molecule has 0 aliphatic carbocycles. The van der Waals surface area contributed by atoms with Crippen LogP contribution in [0.1, 0.15) is 24.6 Å². The normalized spacial score (nSPS) is 11.2. The fourth-order valence-electron chi connectivity index (χ4n) is 1.47. The first-order valence-electron chi connectivity index (χ1n) is 6.14. The SMILES string of the molecule is CC(C)CNCc1nnc(NCc2sccc2Br)o1. The molecule has 0 aliphatic rings. The molecule has 19 heavy (non-hydrogen) atoms. The van der Waals surface area contributed by atoms with Crippen molar-refractivity contribution in [2.75, 3.05) is 11.9 Å². The van der Waals surface area contributed by atoms with E-state index in [2.05, 4.69) is 50.6 Å². The van der Waals surface area contributed by atoms with Crippen LogP contribution in [0.5, 0.6) is 0 Å². The number of thiophene rings is 1. The number of anilines is 1. The molecule has 0 amide bonds. The number of rotatable bonds is 7. The average Bonchev–Trinajstić information content (AvgIpc) is 2.95. The lowest BCUT2D eigenvalue weighted by molar-refractivity contribution is 0.458. The molecule has 0 unspecified atom stereocenters. The summed E-state index contributed by atoms with van der Waals surface area (Å²) in [7, 11) is 0. The largest absolute Gasteiger partial charge is 0.407 e. The molecule has 104 valence electrons. The number of aromatic nitrogens is 2. The second kappa shape index (κ2) is 7.02. The molecule has 0 saturated carbocycles. The molecule has 0 fully saturated rings. The second-order valence-electron chi connectivity index (χ2n) is 4.57. The van der Waals surface area contributed by atoms with Gasteiger partial charge in [-0.15, -0.1) is 16.4 Å². The van der Waals surface area contributed by atoms with E-state index in [0.29, 0.717) is 30.9 Å². The van der Waals surface area contributed by atoms with Gasteiger partial charge in [0.15, 0.2) is 0 Å². The van der Waals surface area contributed by atoms with Crippen LogP contribution in [0.3, 0.4) is 0 Å². The first-order valence-corrected chi connectivity index (χ1v) is 7.81. The van der Waals surface area contributed by atoms with Crippen molar-refractivity contribution in [2.45, 2.75) is 26.9 Å². The summed E-state index contributed by atoms with van der Waals surface area (Å²) >= 11 is 5.17. The average molecular weight is 345 g/mol. The maximum Gasteiger partial charge on any atom is 0.315 e. The topological polar surface area (TPSA) is 63.0 Å². The van der Waals surface area contributed by atoms with Gasteiger partial charge in [-0.3, -0.25) is 0 Å². The third-order valence-electron chi connectivity index (χ3n) is 2.39. The molecule has 0 bridgehead atoms. The van der Waals surface area contributed by atoms with Crippen molar-refractivity contribution in [3.8, 4) is 0 Å². The molecule has 2 rings (SSSR count). The van der Waals surface area contributed by atoms with Crippen LogP contribution in [0.15, 0.2) is 20.3 Å². The second-order valence-corrected chi connectivity index (χ2v) is 6.43. The standard InChI is InChI=1S/C12H17BrN4OS/c1-8(2)5-14-7-11-16-17-12(18-11)15-6-10-9(13)3-4-19-10/h3-4,8,14H,5-7H2,1-2H3,(H,15,17). The molecule has 0 aromatic carbocycles. The van der Waals surface area contributed by atoms with Crippen molar-refractivity contribution in [3.63, 3.8) is 0 Å². The molecule has 0 aliphatic heterocycles. The molecule has 7 heteroatoms. The Balaban J connectivity index is 1.79. The Bertz CT molecular complexity index is 511. The van der Waals surface area contributed by atoms with E-state index in [9.17, 15) is 0 Å². The van der Waals surface area contributed by atoms with Gasteiger partial charge in [0.2, 0.25) is 5.89 Å². The van der Waals surface area contributed by atoms with Crippen molar-refractivity contribution in [2.24, 2.45) is 5.92 Å². The quantitative estimate of drug-likeness (QED) is 0.807. The van der Waals surface area contributed by atoms with Crippen LogP contribution in [0.4, 0.5) is 6.01 Å². The Labute approximate surface area is 124 Å². The summed E-state index contributed by atoms with van der Waals surface area (Å²) in [6, 6.07) is 2.48. The highest BCUT2D eigenvalue weighted by atomic mass is 79.9. The van der Waals surface area contributed by atoms with Gasteiger partial charge in [0.1, 0.15) is 0 Å². The van der Waals surface area contributed by atoms with Gasteiger partial charge in [-0.05, 0) is 39.8 Å². The monoisotopic (exact) mass is 344 g/mol. The molecule has 5 nitrogen and oxygen atoms in total. The Kier molecular flexibility index (Phi) is 5.35. The molecular weight excluding hydrogens is 328 g/mol. The maximum atomic E-state index is 5.50. The summed E-state index contributed by atoms with van der Waals surface area (Å²) in [5, 5.41) is 16.4. The summed E-state index contributed by atoms with van der Waals surface area (Å²) in [5.41, 5.74) is 0. The minimum atomic E-state index is 0.460. The van der Waals surface area contributed by atoms with Gasteiger partial charge in [0.25, 0.3) is 0 Å². The summed E-state index contributed by atoms with van der Waals surface area (Å²) < 4.78 is 6.60. The van der Waals surface area contributed by atoms with E-state index in [0.717, 1.165) is 11.0 Å². The van der Waals surface area contributed by atoms with Crippen LogP contribution < -0.4 is 10.6 Å². The van der Waals surface area contributed by atoms with Gasteiger partial charge in [-0.25, -0.2) is 0 Å². The van der Waals surface area contributed by atoms with E-state index in [1.54, 1.807) is 11.3 Å². The minimum Gasteiger partial charge on any atom is -0.407 e. The first kappa shape index (κ1) is 14.5. The van der Waals surface area contributed by atoms with E-state index in [4.69, 9.17) is 4.42 Å². The Morgan fingerprint density at radius 1 is 1.37 bits per heavy atom. The molecule has 2 heterocycles. The van der Waals surface area contributed by atoms with Gasteiger partial charge in [0.05, 0.1) is 13.1 Å². The zero-order chi connectivity index (χ0) is 13.7. The highest BCUT2D eigenvalue weighted by Gasteiger charge is 2.07. The van der Waals surface area contributed by atoms with Gasteiger partial charge in [0, 0.05) is 9.35 Å². The third kappa shape index (κ3) is 4.59.